The van der Waals surface area contributed by atoms with Crippen LogP contribution in [0.2, 0.25) is 5.02 Å². The standard InChI is InChI=1S/C11H8BrClN2O/c1-7-14-10(12)6-11(15-7)16-9-4-2-8(13)3-5-9/h2-6H,1H3. The Kier molecular flexibility index (Phi) is 3.41. The highest BCUT2D eigenvalue weighted by Crippen LogP contribution is 2.23. The number of nitrogens with zero attached hydrogens (tertiary/aromatic N) is 2. The minimum absolute atomic E-state index is 0.502. The van der Waals surface area contributed by atoms with Crippen LogP contribution in [-0.2, 0) is 0 Å². The van der Waals surface area contributed by atoms with Crippen LogP contribution in [0.1, 0.15) is 5.82 Å². The summed E-state index contributed by atoms with van der Waals surface area (Å²) in [5.74, 6) is 1.84. The maximum absolute atomic E-state index is 5.78. The molecule has 16 heavy (non-hydrogen) atoms. The van der Waals surface area contributed by atoms with Gasteiger partial charge in [0, 0.05) is 11.1 Å². The molecule has 2 rings (SSSR count). The Morgan fingerprint density at radius 1 is 1.19 bits per heavy atom. The van der Waals surface area contributed by atoms with Crippen LogP contribution in [-0.4, -0.2) is 9.97 Å². The van der Waals surface area contributed by atoms with Gasteiger partial charge in [-0.3, -0.25) is 0 Å². The molecule has 0 aliphatic heterocycles. The first kappa shape index (κ1) is 11.4. The maximum atomic E-state index is 5.78. The molecule has 0 aliphatic rings. The fourth-order valence-electron chi connectivity index (χ4n) is 1.18. The molecule has 0 spiro atoms. The van der Waals surface area contributed by atoms with Gasteiger partial charge in [-0.05, 0) is 47.1 Å². The first-order valence-corrected chi connectivity index (χ1v) is 5.75. The fourth-order valence-corrected chi connectivity index (χ4v) is 1.76. The van der Waals surface area contributed by atoms with Crippen LogP contribution in [0.5, 0.6) is 11.6 Å². The zero-order chi connectivity index (χ0) is 11.5. The minimum atomic E-state index is 0.502. The van der Waals surface area contributed by atoms with Crippen LogP contribution in [0.4, 0.5) is 0 Å². The largest absolute Gasteiger partial charge is 0.439 e. The van der Waals surface area contributed by atoms with Gasteiger partial charge in [0.05, 0.1) is 0 Å². The van der Waals surface area contributed by atoms with Crippen molar-refractivity contribution in [2.75, 3.05) is 0 Å². The van der Waals surface area contributed by atoms with E-state index in [9.17, 15) is 0 Å². The van der Waals surface area contributed by atoms with E-state index in [0.29, 0.717) is 27.1 Å². The second-order valence-corrected chi connectivity index (χ2v) is 4.38. The first-order valence-electron chi connectivity index (χ1n) is 4.58. The van der Waals surface area contributed by atoms with E-state index in [1.54, 1.807) is 37.3 Å². The van der Waals surface area contributed by atoms with Gasteiger partial charge in [0.15, 0.2) is 0 Å². The molecule has 0 unspecified atom stereocenters. The molecule has 0 saturated heterocycles. The molecule has 82 valence electrons. The summed E-state index contributed by atoms with van der Waals surface area (Å²) in [7, 11) is 0. The fraction of sp³-hybridized carbons (Fsp3) is 0.0909. The quantitative estimate of drug-likeness (QED) is 0.786. The van der Waals surface area contributed by atoms with Crippen LogP contribution in [0.15, 0.2) is 34.9 Å². The van der Waals surface area contributed by atoms with Crippen LogP contribution < -0.4 is 4.74 Å². The third-order valence-electron chi connectivity index (χ3n) is 1.82. The van der Waals surface area contributed by atoms with Gasteiger partial charge in [0.2, 0.25) is 5.88 Å². The smallest absolute Gasteiger partial charge is 0.223 e. The molecule has 0 amide bonds. The van der Waals surface area contributed by atoms with E-state index in [2.05, 4.69) is 25.9 Å². The van der Waals surface area contributed by atoms with Gasteiger partial charge < -0.3 is 4.74 Å². The summed E-state index contributed by atoms with van der Waals surface area (Å²) in [6, 6.07) is 8.81. The van der Waals surface area contributed by atoms with Crippen molar-refractivity contribution in [2.24, 2.45) is 0 Å². The van der Waals surface area contributed by atoms with Crippen molar-refractivity contribution in [3.05, 3.63) is 45.8 Å². The minimum Gasteiger partial charge on any atom is -0.439 e. The average molecular weight is 300 g/mol. The lowest BCUT2D eigenvalue weighted by Gasteiger charge is -2.05. The summed E-state index contributed by atoms with van der Waals surface area (Å²) >= 11 is 9.06. The summed E-state index contributed by atoms with van der Waals surface area (Å²) in [6.07, 6.45) is 0. The lowest BCUT2D eigenvalue weighted by Crippen LogP contribution is -1.93. The predicted octanol–water partition coefficient (Wildman–Crippen LogP) is 3.99. The molecule has 1 aromatic carbocycles. The van der Waals surface area contributed by atoms with Crippen molar-refractivity contribution in [1.82, 2.24) is 9.97 Å². The predicted molar refractivity (Wildman–Crippen MR) is 66.0 cm³/mol. The van der Waals surface area contributed by atoms with Crippen LogP contribution in [0, 0.1) is 6.92 Å². The lowest BCUT2D eigenvalue weighted by molar-refractivity contribution is 0.459. The van der Waals surface area contributed by atoms with Crippen molar-refractivity contribution in [2.45, 2.75) is 6.92 Å². The Morgan fingerprint density at radius 3 is 2.50 bits per heavy atom. The first-order chi connectivity index (χ1) is 7.63. The number of aryl methyl sites for hydroxylation is 1. The van der Waals surface area contributed by atoms with Gasteiger partial charge in [0.1, 0.15) is 16.2 Å². The summed E-state index contributed by atoms with van der Waals surface area (Å²) < 4.78 is 6.25. The zero-order valence-electron chi connectivity index (χ0n) is 8.45. The molecule has 0 atom stereocenters. The molecular weight excluding hydrogens is 291 g/mol. The topological polar surface area (TPSA) is 35.0 Å². The van der Waals surface area contributed by atoms with Crippen molar-refractivity contribution < 1.29 is 4.74 Å². The number of ether oxygens (including phenoxy) is 1. The Morgan fingerprint density at radius 2 is 1.88 bits per heavy atom. The molecule has 1 heterocycles. The average Bonchev–Trinajstić information content (AvgIpc) is 2.20. The highest BCUT2D eigenvalue weighted by Gasteiger charge is 2.02. The SMILES string of the molecule is Cc1nc(Br)cc(Oc2ccc(Cl)cc2)n1. The second-order valence-electron chi connectivity index (χ2n) is 3.13. The van der Waals surface area contributed by atoms with Crippen molar-refractivity contribution in [3.8, 4) is 11.6 Å². The van der Waals surface area contributed by atoms with E-state index in [1.165, 1.54) is 0 Å². The third kappa shape index (κ3) is 2.93. The van der Waals surface area contributed by atoms with Crippen LogP contribution in [0.3, 0.4) is 0 Å². The van der Waals surface area contributed by atoms with Gasteiger partial charge in [0.25, 0.3) is 0 Å². The highest BCUT2D eigenvalue weighted by molar-refractivity contribution is 9.10. The summed E-state index contributed by atoms with van der Waals surface area (Å²) in [4.78, 5) is 8.25. The molecule has 0 aliphatic carbocycles. The normalized spacial score (nSPS) is 10.2. The van der Waals surface area contributed by atoms with Crippen molar-refractivity contribution >= 4 is 27.5 Å². The number of aromatic nitrogens is 2. The molecule has 2 aromatic rings. The summed E-state index contributed by atoms with van der Waals surface area (Å²) in [5.41, 5.74) is 0. The second kappa shape index (κ2) is 4.80. The molecule has 0 fully saturated rings. The van der Waals surface area contributed by atoms with Crippen molar-refractivity contribution in [3.63, 3.8) is 0 Å². The monoisotopic (exact) mass is 298 g/mol. The number of halogens is 2. The molecule has 0 saturated carbocycles. The van der Waals surface area contributed by atoms with Gasteiger partial charge in [-0.1, -0.05) is 11.6 Å². The maximum Gasteiger partial charge on any atom is 0.223 e. The van der Waals surface area contributed by atoms with E-state index in [1.807, 2.05) is 0 Å². The van der Waals surface area contributed by atoms with E-state index < -0.39 is 0 Å². The van der Waals surface area contributed by atoms with Gasteiger partial charge in [-0.2, -0.15) is 4.98 Å². The molecule has 5 heteroatoms. The van der Waals surface area contributed by atoms with E-state index in [4.69, 9.17) is 16.3 Å². The van der Waals surface area contributed by atoms with Crippen LogP contribution >= 0.6 is 27.5 Å². The third-order valence-corrected chi connectivity index (χ3v) is 2.48. The summed E-state index contributed by atoms with van der Waals surface area (Å²) in [6.45, 7) is 1.81. The summed E-state index contributed by atoms with van der Waals surface area (Å²) in [5, 5.41) is 0.674. The Balaban J connectivity index is 2.23. The Labute approximate surface area is 107 Å². The molecule has 0 radical (unpaired) electrons. The Hall–Kier alpha value is -1.13. The molecule has 1 aromatic heterocycles. The van der Waals surface area contributed by atoms with E-state index in [0.717, 1.165) is 0 Å². The number of rotatable bonds is 2. The zero-order valence-corrected chi connectivity index (χ0v) is 10.8. The molecule has 0 N–H and O–H groups in total. The van der Waals surface area contributed by atoms with Gasteiger partial charge >= 0.3 is 0 Å². The Bertz CT molecular complexity index is 482. The van der Waals surface area contributed by atoms with Crippen molar-refractivity contribution in [1.29, 1.82) is 0 Å². The molecule has 0 bridgehead atoms. The number of benzene rings is 1. The van der Waals surface area contributed by atoms with E-state index >= 15 is 0 Å². The molecule has 3 nitrogen and oxygen atoms in total. The lowest BCUT2D eigenvalue weighted by atomic mass is 10.3. The van der Waals surface area contributed by atoms with Gasteiger partial charge in [-0.15, -0.1) is 0 Å². The van der Waals surface area contributed by atoms with Crippen LogP contribution in [0.25, 0.3) is 0 Å². The van der Waals surface area contributed by atoms with Gasteiger partial charge in [-0.25, -0.2) is 4.98 Å². The number of hydrogen-bond acceptors (Lipinski definition) is 3. The molecular formula is C11H8BrClN2O. The van der Waals surface area contributed by atoms with E-state index in [-0.39, 0.29) is 0 Å². The highest BCUT2D eigenvalue weighted by atomic mass is 79.9. The number of hydrogen-bond donors (Lipinski definition) is 0.